The van der Waals surface area contributed by atoms with Crippen molar-refractivity contribution in [1.82, 2.24) is 24.8 Å². The summed E-state index contributed by atoms with van der Waals surface area (Å²) >= 11 is 3.11. The normalized spacial score (nSPS) is 11.2. The zero-order chi connectivity index (χ0) is 14.3. The molecule has 0 N–H and O–H groups in total. The molecule has 0 atom stereocenters. The van der Waals surface area contributed by atoms with Crippen molar-refractivity contribution in [2.75, 3.05) is 0 Å². The van der Waals surface area contributed by atoms with E-state index in [1.54, 1.807) is 19.2 Å². The topological polar surface area (TPSA) is 65.6 Å². The molecule has 3 aromatic rings. The first-order valence-electron chi connectivity index (χ1n) is 5.75. The number of aromatic nitrogens is 5. The van der Waals surface area contributed by atoms with E-state index in [0.717, 1.165) is 5.56 Å². The Morgan fingerprint density at radius 3 is 2.95 bits per heavy atom. The minimum Gasteiger partial charge on any atom is -0.267 e. The molecule has 2 heterocycles. The summed E-state index contributed by atoms with van der Waals surface area (Å²) in [6.45, 7) is 0.218. The lowest BCUT2D eigenvalue weighted by Gasteiger charge is -2.04. The average Bonchev–Trinajstić information content (AvgIpc) is 2.80. The van der Waals surface area contributed by atoms with Crippen LogP contribution in [0.3, 0.4) is 0 Å². The molecule has 20 heavy (non-hydrogen) atoms. The van der Waals surface area contributed by atoms with Crippen molar-refractivity contribution in [2.45, 2.75) is 6.54 Å². The van der Waals surface area contributed by atoms with Crippen molar-refractivity contribution in [1.29, 1.82) is 0 Å². The molecule has 0 saturated carbocycles. The predicted octanol–water partition coefficient (Wildman–Crippen LogP) is 1.47. The van der Waals surface area contributed by atoms with Gasteiger partial charge in [0, 0.05) is 7.05 Å². The zero-order valence-electron chi connectivity index (χ0n) is 10.4. The third-order valence-electron chi connectivity index (χ3n) is 2.94. The molecule has 0 unspecified atom stereocenters. The maximum Gasteiger partial charge on any atom is 0.281 e. The number of nitrogens with zero attached hydrogens (tertiary/aromatic N) is 5. The van der Waals surface area contributed by atoms with Gasteiger partial charge < -0.3 is 0 Å². The number of hydrogen-bond donors (Lipinski definition) is 0. The van der Waals surface area contributed by atoms with E-state index < -0.39 is 0 Å². The molecule has 0 bridgehead atoms. The van der Waals surface area contributed by atoms with Crippen LogP contribution in [0.15, 0.2) is 33.7 Å². The molecule has 0 amide bonds. The van der Waals surface area contributed by atoms with E-state index in [2.05, 4.69) is 31.3 Å². The number of benzene rings is 1. The van der Waals surface area contributed by atoms with Crippen molar-refractivity contribution < 1.29 is 4.39 Å². The molecule has 6 nitrogen and oxygen atoms in total. The molecule has 8 heteroatoms. The quantitative estimate of drug-likeness (QED) is 0.710. The summed E-state index contributed by atoms with van der Waals surface area (Å²) in [5.74, 6) is -0.352. The number of rotatable bonds is 2. The molecule has 0 fully saturated rings. The second kappa shape index (κ2) is 4.78. The standard InChI is InChI=1S/C12H9BrFN5O/c1-18-11-8(5-15-18)12(20)19(17-16-11)6-7-2-3-10(14)9(13)4-7/h2-5H,6H2,1H3. The van der Waals surface area contributed by atoms with E-state index in [4.69, 9.17) is 0 Å². The van der Waals surface area contributed by atoms with Crippen LogP contribution in [0.25, 0.3) is 11.0 Å². The van der Waals surface area contributed by atoms with Gasteiger partial charge in [0.05, 0.1) is 17.2 Å². The highest BCUT2D eigenvalue weighted by molar-refractivity contribution is 9.10. The van der Waals surface area contributed by atoms with Gasteiger partial charge in [-0.05, 0) is 33.6 Å². The van der Waals surface area contributed by atoms with E-state index in [1.165, 1.54) is 21.6 Å². The largest absolute Gasteiger partial charge is 0.281 e. The maximum absolute atomic E-state index is 13.2. The first-order valence-corrected chi connectivity index (χ1v) is 6.55. The van der Waals surface area contributed by atoms with Gasteiger partial charge in [-0.1, -0.05) is 11.3 Å². The molecular formula is C12H9BrFN5O. The van der Waals surface area contributed by atoms with Gasteiger partial charge in [0.1, 0.15) is 11.2 Å². The summed E-state index contributed by atoms with van der Waals surface area (Å²) in [7, 11) is 1.69. The van der Waals surface area contributed by atoms with Gasteiger partial charge in [0.15, 0.2) is 5.65 Å². The first-order chi connectivity index (χ1) is 9.56. The summed E-state index contributed by atoms with van der Waals surface area (Å²) < 4.78 is 16.2. The highest BCUT2D eigenvalue weighted by Crippen LogP contribution is 2.17. The lowest BCUT2D eigenvalue weighted by Crippen LogP contribution is -2.24. The number of hydrogen-bond acceptors (Lipinski definition) is 4. The van der Waals surface area contributed by atoms with Crippen molar-refractivity contribution in [3.8, 4) is 0 Å². The van der Waals surface area contributed by atoms with Gasteiger partial charge in [-0.3, -0.25) is 4.79 Å². The Hall–Kier alpha value is -2.09. The third kappa shape index (κ3) is 2.11. The lowest BCUT2D eigenvalue weighted by atomic mass is 10.2. The molecule has 0 radical (unpaired) electrons. The summed E-state index contributed by atoms with van der Waals surface area (Å²) in [4.78, 5) is 12.2. The van der Waals surface area contributed by atoms with E-state index in [0.29, 0.717) is 15.5 Å². The average molecular weight is 338 g/mol. The number of fused-ring (bicyclic) bond motifs is 1. The van der Waals surface area contributed by atoms with Crippen LogP contribution in [0.5, 0.6) is 0 Å². The minimum absolute atomic E-state index is 0.218. The van der Waals surface area contributed by atoms with Crippen LogP contribution in [0, 0.1) is 5.82 Å². The minimum atomic E-state index is -0.352. The van der Waals surface area contributed by atoms with Crippen molar-refractivity contribution in [3.05, 3.63) is 50.6 Å². The third-order valence-corrected chi connectivity index (χ3v) is 3.54. The zero-order valence-corrected chi connectivity index (χ0v) is 12.0. The Labute approximate surface area is 121 Å². The van der Waals surface area contributed by atoms with Gasteiger partial charge in [0.25, 0.3) is 5.56 Å². The van der Waals surface area contributed by atoms with Gasteiger partial charge in [-0.15, -0.1) is 5.10 Å². The van der Waals surface area contributed by atoms with Crippen molar-refractivity contribution >= 4 is 27.0 Å². The molecule has 0 spiro atoms. The number of halogens is 2. The predicted molar refractivity (Wildman–Crippen MR) is 73.8 cm³/mol. The smallest absolute Gasteiger partial charge is 0.267 e. The fourth-order valence-corrected chi connectivity index (χ4v) is 2.32. The Bertz CT molecular complexity index is 857. The molecule has 2 aromatic heterocycles. The Morgan fingerprint density at radius 1 is 1.40 bits per heavy atom. The lowest BCUT2D eigenvalue weighted by molar-refractivity contribution is 0.590. The van der Waals surface area contributed by atoms with E-state index in [9.17, 15) is 9.18 Å². The molecule has 102 valence electrons. The van der Waals surface area contributed by atoms with Crippen LogP contribution >= 0.6 is 15.9 Å². The second-order valence-corrected chi connectivity index (χ2v) is 5.16. The fourth-order valence-electron chi connectivity index (χ4n) is 1.89. The molecule has 3 rings (SSSR count). The summed E-state index contributed by atoms with van der Waals surface area (Å²) in [5, 5.41) is 12.2. The van der Waals surface area contributed by atoms with Gasteiger partial charge >= 0.3 is 0 Å². The molecule has 0 aliphatic carbocycles. The van der Waals surface area contributed by atoms with Crippen LogP contribution in [-0.2, 0) is 13.6 Å². The first kappa shape index (κ1) is 12.9. The Balaban J connectivity index is 2.04. The van der Waals surface area contributed by atoms with Crippen LogP contribution < -0.4 is 5.56 Å². The summed E-state index contributed by atoms with van der Waals surface area (Å²) in [6, 6.07) is 4.54. The number of aryl methyl sites for hydroxylation is 1. The summed E-state index contributed by atoms with van der Waals surface area (Å²) in [5.41, 5.74) is 0.910. The van der Waals surface area contributed by atoms with Gasteiger partial charge in [-0.2, -0.15) is 5.10 Å². The Kier molecular flexibility index (Phi) is 3.09. The van der Waals surface area contributed by atoms with Gasteiger partial charge in [0.2, 0.25) is 0 Å². The van der Waals surface area contributed by atoms with Gasteiger partial charge in [-0.25, -0.2) is 13.8 Å². The van der Waals surface area contributed by atoms with Crippen molar-refractivity contribution in [3.63, 3.8) is 0 Å². The molecule has 1 aromatic carbocycles. The molecular weight excluding hydrogens is 329 g/mol. The molecule has 0 saturated heterocycles. The van der Waals surface area contributed by atoms with Crippen LogP contribution in [0.4, 0.5) is 4.39 Å². The van der Waals surface area contributed by atoms with E-state index in [1.807, 2.05) is 0 Å². The van der Waals surface area contributed by atoms with Crippen molar-refractivity contribution in [2.24, 2.45) is 7.05 Å². The van der Waals surface area contributed by atoms with E-state index >= 15 is 0 Å². The van der Waals surface area contributed by atoms with Crippen LogP contribution in [0.2, 0.25) is 0 Å². The highest BCUT2D eigenvalue weighted by atomic mass is 79.9. The Morgan fingerprint density at radius 2 is 2.20 bits per heavy atom. The van der Waals surface area contributed by atoms with Crippen LogP contribution in [0.1, 0.15) is 5.56 Å². The fraction of sp³-hybridized carbons (Fsp3) is 0.167. The van der Waals surface area contributed by atoms with E-state index in [-0.39, 0.29) is 17.9 Å². The summed E-state index contributed by atoms with van der Waals surface area (Å²) in [6.07, 6.45) is 1.46. The SMILES string of the molecule is Cn1ncc2c(=O)n(Cc3ccc(F)c(Br)c3)nnc21. The maximum atomic E-state index is 13.2. The second-order valence-electron chi connectivity index (χ2n) is 4.31. The highest BCUT2D eigenvalue weighted by Gasteiger charge is 2.10. The monoisotopic (exact) mass is 337 g/mol. The molecule has 0 aliphatic heterocycles. The van der Waals surface area contributed by atoms with Crippen LogP contribution in [-0.4, -0.2) is 24.8 Å². The molecule has 0 aliphatic rings.